The quantitative estimate of drug-likeness (QED) is 0.489. The van der Waals surface area contributed by atoms with Crippen molar-refractivity contribution in [1.82, 2.24) is 0 Å². The molecule has 0 aliphatic heterocycles. The van der Waals surface area contributed by atoms with Crippen molar-refractivity contribution in [3.63, 3.8) is 0 Å². The molecule has 2 aromatic rings. The van der Waals surface area contributed by atoms with Crippen molar-refractivity contribution in [2.75, 3.05) is 12.5 Å². The Bertz CT molecular complexity index is 600. The molecule has 0 radical (unpaired) electrons. The monoisotopic (exact) mass is 284 g/mol. The van der Waals surface area contributed by atoms with Crippen molar-refractivity contribution in [3.05, 3.63) is 71.8 Å². The highest BCUT2D eigenvalue weighted by molar-refractivity contribution is 8.16. The van der Waals surface area contributed by atoms with E-state index in [0.29, 0.717) is 16.0 Å². The molecule has 0 unspecified atom stereocenters. The molecule has 0 heterocycles. The molecule has 0 saturated carbocycles. The maximum atomic E-state index is 12.6. The van der Waals surface area contributed by atoms with Gasteiger partial charge in [-0.3, -0.25) is 9.59 Å². The van der Waals surface area contributed by atoms with Crippen LogP contribution in [0, 0.1) is 0 Å². The first-order valence-electron chi connectivity index (χ1n) is 6.25. The fraction of sp³-hybridized carbons (Fsp3) is 0.118. The van der Waals surface area contributed by atoms with Crippen molar-refractivity contribution >= 4 is 26.9 Å². The predicted molar refractivity (Wildman–Crippen MR) is 86.0 cm³/mol. The Hall–Kier alpha value is -2.00. The van der Waals surface area contributed by atoms with Crippen molar-refractivity contribution in [2.24, 2.45) is 0 Å². The van der Waals surface area contributed by atoms with Crippen LogP contribution in [0.15, 0.2) is 60.7 Å². The van der Waals surface area contributed by atoms with E-state index >= 15 is 0 Å². The van der Waals surface area contributed by atoms with Crippen molar-refractivity contribution in [1.29, 1.82) is 0 Å². The maximum Gasteiger partial charge on any atom is 0.202 e. The van der Waals surface area contributed by atoms with E-state index in [1.165, 1.54) is 0 Å². The molecule has 3 heteroatoms. The largest absolute Gasteiger partial charge is 0.288 e. The maximum absolute atomic E-state index is 12.6. The lowest BCUT2D eigenvalue weighted by atomic mass is 10.0. The molecule has 2 aromatic carbocycles. The van der Waals surface area contributed by atoms with Gasteiger partial charge in [0.05, 0.1) is 4.86 Å². The molecular weight excluding hydrogens is 268 g/mol. The Morgan fingerprint density at radius 2 is 1.05 bits per heavy atom. The summed E-state index contributed by atoms with van der Waals surface area (Å²) in [4.78, 5) is 25.5. The normalized spacial score (nSPS) is 10.3. The van der Waals surface area contributed by atoms with E-state index in [-0.39, 0.29) is 11.6 Å². The molecule has 20 heavy (non-hydrogen) atoms. The van der Waals surface area contributed by atoms with Crippen molar-refractivity contribution in [2.45, 2.75) is 0 Å². The van der Waals surface area contributed by atoms with Crippen LogP contribution in [0.1, 0.15) is 20.7 Å². The third-order valence-electron chi connectivity index (χ3n) is 2.89. The number of hydrogen-bond donors (Lipinski definition) is 0. The average Bonchev–Trinajstić information content (AvgIpc) is 2.48. The number of ketones is 2. The van der Waals surface area contributed by atoms with Crippen LogP contribution < -0.4 is 0 Å². The summed E-state index contributed by atoms with van der Waals surface area (Å²) in [5, 5.41) is 0. The molecule has 0 aliphatic carbocycles. The third kappa shape index (κ3) is 3.11. The van der Waals surface area contributed by atoms with Crippen LogP contribution in [0.4, 0.5) is 0 Å². The average molecular weight is 284 g/mol. The minimum absolute atomic E-state index is 0.173. The van der Waals surface area contributed by atoms with Crippen molar-refractivity contribution < 1.29 is 9.59 Å². The lowest BCUT2D eigenvalue weighted by Gasteiger charge is -2.09. The van der Waals surface area contributed by atoms with Gasteiger partial charge >= 0.3 is 0 Å². The second kappa shape index (κ2) is 6.44. The summed E-state index contributed by atoms with van der Waals surface area (Å²) in [6.45, 7) is 0. The van der Waals surface area contributed by atoms with Crippen LogP contribution in [0.5, 0.6) is 0 Å². The zero-order valence-electron chi connectivity index (χ0n) is 11.5. The number of rotatable bonds is 4. The summed E-state index contributed by atoms with van der Waals surface area (Å²) >= 11 is 0. The number of hydrogen-bond acceptors (Lipinski definition) is 2. The molecule has 2 nitrogen and oxygen atoms in total. The first-order valence-corrected chi connectivity index (χ1v) is 8.29. The highest BCUT2D eigenvalue weighted by Crippen LogP contribution is 2.14. The van der Waals surface area contributed by atoms with Gasteiger partial charge in [-0.2, -0.15) is 10.5 Å². The minimum atomic E-state index is -0.397. The first-order chi connectivity index (χ1) is 9.61. The van der Waals surface area contributed by atoms with Gasteiger partial charge in [0.15, 0.2) is 0 Å². The third-order valence-corrected chi connectivity index (χ3v) is 4.08. The van der Waals surface area contributed by atoms with Gasteiger partial charge < -0.3 is 0 Å². The molecule has 0 saturated heterocycles. The van der Waals surface area contributed by atoms with Gasteiger partial charge in [0.1, 0.15) is 0 Å². The van der Waals surface area contributed by atoms with Crippen LogP contribution in [0.3, 0.4) is 0 Å². The van der Waals surface area contributed by atoms with E-state index in [1.807, 2.05) is 24.6 Å². The van der Waals surface area contributed by atoms with Gasteiger partial charge in [-0.25, -0.2) is 0 Å². The molecule has 0 spiro atoms. The lowest BCUT2D eigenvalue weighted by molar-refractivity contribution is 0.102. The summed E-state index contributed by atoms with van der Waals surface area (Å²) in [5.74, 6) is -0.347. The topological polar surface area (TPSA) is 34.1 Å². The highest BCUT2D eigenvalue weighted by atomic mass is 32.2. The van der Waals surface area contributed by atoms with Crippen LogP contribution in [0.25, 0.3) is 0 Å². The smallest absolute Gasteiger partial charge is 0.202 e. The molecule has 0 aromatic heterocycles. The predicted octanol–water partition coefficient (Wildman–Crippen LogP) is 3.45. The van der Waals surface area contributed by atoms with E-state index in [1.54, 1.807) is 48.5 Å². The Morgan fingerprint density at radius 3 is 1.35 bits per heavy atom. The van der Waals surface area contributed by atoms with Crippen LogP contribution >= 0.6 is 10.5 Å². The minimum Gasteiger partial charge on any atom is -0.288 e. The van der Waals surface area contributed by atoms with Crippen LogP contribution in [-0.4, -0.2) is 28.9 Å². The lowest BCUT2D eigenvalue weighted by Crippen LogP contribution is -2.24. The fourth-order valence-electron chi connectivity index (χ4n) is 1.92. The number of carbonyl (C=O) groups is 2. The molecule has 0 bridgehead atoms. The van der Waals surface area contributed by atoms with E-state index in [0.717, 1.165) is 0 Å². The van der Waals surface area contributed by atoms with Gasteiger partial charge in [0.25, 0.3) is 0 Å². The molecule has 0 atom stereocenters. The van der Waals surface area contributed by atoms with E-state index in [9.17, 15) is 9.59 Å². The second-order valence-electron chi connectivity index (χ2n) is 4.54. The summed E-state index contributed by atoms with van der Waals surface area (Å²) in [6.07, 6.45) is 3.80. The zero-order chi connectivity index (χ0) is 14.5. The zero-order valence-corrected chi connectivity index (χ0v) is 12.3. The molecule has 2 rings (SSSR count). The molecule has 0 aliphatic rings. The number of Topliss-reactive ketones (excluding diaryl/α,β-unsaturated/α-hetero) is 2. The summed E-state index contributed by atoms with van der Waals surface area (Å²) in [6, 6.07) is 17.9. The van der Waals surface area contributed by atoms with Crippen LogP contribution in [-0.2, 0) is 0 Å². The molecule has 0 N–H and O–H groups in total. The summed E-state index contributed by atoms with van der Waals surface area (Å²) in [5.41, 5.74) is 1.13. The molecular formula is C17H16O2S. The SMILES string of the molecule is CS(C)=C(C(=O)c1ccccc1)C(=O)c1ccccc1. The molecule has 102 valence electrons. The Labute approximate surface area is 121 Å². The standard InChI is InChI=1S/C17H16O2S/c1-20(2)17(15(18)13-9-5-3-6-10-13)16(19)14-11-7-4-8-12-14/h3-12H,1-2H3. The van der Waals surface area contributed by atoms with Gasteiger partial charge in [0, 0.05) is 11.1 Å². The molecule has 0 amide bonds. The van der Waals surface area contributed by atoms with Crippen molar-refractivity contribution in [3.8, 4) is 0 Å². The number of benzene rings is 2. The Balaban J connectivity index is 2.42. The molecule has 0 fully saturated rings. The first kappa shape index (κ1) is 14.4. The van der Waals surface area contributed by atoms with Gasteiger partial charge in [0.2, 0.25) is 11.6 Å². The van der Waals surface area contributed by atoms with Crippen LogP contribution in [0.2, 0.25) is 0 Å². The fourth-order valence-corrected chi connectivity index (χ4v) is 2.89. The van der Waals surface area contributed by atoms with Gasteiger partial charge in [-0.1, -0.05) is 60.7 Å². The Morgan fingerprint density at radius 1 is 0.700 bits per heavy atom. The van der Waals surface area contributed by atoms with E-state index in [4.69, 9.17) is 0 Å². The highest BCUT2D eigenvalue weighted by Gasteiger charge is 2.22. The van der Waals surface area contributed by atoms with Gasteiger partial charge in [-0.15, -0.1) is 0 Å². The Kier molecular flexibility index (Phi) is 4.64. The van der Waals surface area contributed by atoms with E-state index < -0.39 is 10.5 Å². The second-order valence-corrected chi connectivity index (χ2v) is 6.58. The van der Waals surface area contributed by atoms with Gasteiger partial charge in [-0.05, 0) is 12.5 Å². The summed E-state index contributed by atoms with van der Waals surface area (Å²) in [7, 11) is -0.397. The number of carbonyl (C=O) groups excluding carboxylic acids is 2. The van der Waals surface area contributed by atoms with E-state index in [2.05, 4.69) is 0 Å². The summed E-state index contributed by atoms with van der Waals surface area (Å²) < 4.78 is 0.